The lowest BCUT2D eigenvalue weighted by molar-refractivity contribution is 0.964. The minimum atomic E-state index is 0.687. The monoisotopic (exact) mass is 233 g/mol. The van der Waals surface area contributed by atoms with E-state index in [1.165, 1.54) is 4.88 Å². The molecule has 2 N–H and O–H groups in total. The number of pyridine rings is 1. The highest BCUT2D eigenvalue weighted by molar-refractivity contribution is 7.11. The Morgan fingerprint density at radius 1 is 1.38 bits per heavy atom. The number of rotatable bonds is 4. The number of hydrogen-bond acceptors (Lipinski definition) is 4. The van der Waals surface area contributed by atoms with Crippen molar-refractivity contribution >= 4 is 11.3 Å². The molecule has 0 saturated carbocycles. The van der Waals surface area contributed by atoms with Crippen LogP contribution in [0.15, 0.2) is 24.4 Å². The summed E-state index contributed by atoms with van der Waals surface area (Å²) < 4.78 is 0. The van der Waals surface area contributed by atoms with Gasteiger partial charge in [-0.3, -0.25) is 4.98 Å². The van der Waals surface area contributed by atoms with Gasteiger partial charge in [-0.05, 0) is 32.0 Å². The molecule has 16 heavy (non-hydrogen) atoms. The normalized spacial score (nSPS) is 10.6. The minimum absolute atomic E-state index is 0.687. The molecule has 3 nitrogen and oxygen atoms in total. The van der Waals surface area contributed by atoms with Crippen molar-refractivity contribution < 1.29 is 0 Å². The predicted octanol–water partition coefficient (Wildman–Crippen LogP) is 1.94. The molecule has 0 aliphatic heterocycles. The van der Waals surface area contributed by atoms with E-state index in [0.29, 0.717) is 6.54 Å². The van der Waals surface area contributed by atoms with Gasteiger partial charge in [0.25, 0.3) is 0 Å². The summed E-state index contributed by atoms with van der Waals surface area (Å²) in [5.41, 5.74) is 7.74. The van der Waals surface area contributed by atoms with E-state index in [4.69, 9.17) is 5.73 Å². The van der Waals surface area contributed by atoms with Gasteiger partial charge in [0, 0.05) is 23.2 Å². The summed E-state index contributed by atoms with van der Waals surface area (Å²) in [7, 11) is 0. The van der Waals surface area contributed by atoms with Crippen molar-refractivity contribution in [2.75, 3.05) is 6.54 Å². The molecule has 0 unspecified atom stereocenters. The first kappa shape index (κ1) is 11.2. The second-order valence-electron chi connectivity index (χ2n) is 3.65. The van der Waals surface area contributed by atoms with E-state index in [-0.39, 0.29) is 0 Å². The van der Waals surface area contributed by atoms with Crippen molar-refractivity contribution in [2.45, 2.75) is 19.8 Å². The molecule has 0 atom stereocenters. The van der Waals surface area contributed by atoms with Gasteiger partial charge in [0.15, 0.2) is 0 Å². The Morgan fingerprint density at radius 3 is 2.94 bits per heavy atom. The third-order valence-corrected chi connectivity index (χ3v) is 3.58. The second kappa shape index (κ2) is 5.18. The molecule has 0 spiro atoms. The molecule has 0 radical (unpaired) electrons. The van der Waals surface area contributed by atoms with Gasteiger partial charge in [0.05, 0.1) is 10.7 Å². The Balaban J connectivity index is 2.13. The molecule has 0 bridgehead atoms. The Morgan fingerprint density at radius 2 is 2.25 bits per heavy atom. The van der Waals surface area contributed by atoms with E-state index < -0.39 is 0 Å². The molecule has 0 aliphatic rings. The lowest BCUT2D eigenvalue weighted by Crippen LogP contribution is -2.01. The van der Waals surface area contributed by atoms with E-state index in [9.17, 15) is 0 Å². The number of nitrogens with zero attached hydrogens (tertiary/aromatic N) is 2. The van der Waals surface area contributed by atoms with Gasteiger partial charge in [0.2, 0.25) is 0 Å². The van der Waals surface area contributed by atoms with Gasteiger partial charge < -0.3 is 5.73 Å². The number of nitrogens with two attached hydrogens (primary N) is 1. The zero-order valence-corrected chi connectivity index (χ0v) is 10.1. The van der Waals surface area contributed by atoms with Crippen LogP contribution in [0.25, 0.3) is 0 Å². The first-order chi connectivity index (χ1) is 7.79. The van der Waals surface area contributed by atoms with E-state index >= 15 is 0 Å². The van der Waals surface area contributed by atoms with Crippen LogP contribution in [0.1, 0.15) is 21.3 Å². The maximum Gasteiger partial charge on any atom is 0.0990 e. The van der Waals surface area contributed by atoms with Crippen LogP contribution < -0.4 is 5.73 Å². The maximum atomic E-state index is 5.56. The Bertz CT molecular complexity index is 451. The van der Waals surface area contributed by atoms with Crippen molar-refractivity contribution in [3.05, 3.63) is 45.7 Å². The summed E-state index contributed by atoms with van der Waals surface area (Å²) in [6, 6.07) is 5.96. The van der Waals surface area contributed by atoms with E-state index in [1.807, 2.05) is 31.3 Å². The van der Waals surface area contributed by atoms with E-state index in [0.717, 1.165) is 29.2 Å². The average molecular weight is 233 g/mol. The molecule has 2 aromatic heterocycles. The van der Waals surface area contributed by atoms with Crippen LogP contribution in [0, 0.1) is 6.92 Å². The highest BCUT2D eigenvalue weighted by atomic mass is 32.1. The number of aromatic nitrogens is 2. The van der Waals surface area contributed by atoms with Crippen LogP contribution in [0.3, 0.4) is 0 Å². The lowest BCUT2D eigenvalue weighted by Gasteiger charge is -1.94. The van der Waals surface area contributed by atoms with Crippen molar-refractivity contribution in [1.82, 2.24) is 9.97 Å². The largest absolute Gasteiger partial charge is 0.330 e. The van der Waals surface area contributed by atoms with Crippen LogP contribution in [0.2, 0.25) is 0 Å². The highest BCUT2D eigenvalue weighted by Gasteiger charge is 2.07. The molecule has 2 heterocycles. The summed E-state index contributed by atoms with van der Waals surface area (Å²) in [4.78, 5) is 10.1. The quantitative estimate of drug-likeness (QED) is 0.878. The number of thiazole rings is 1. The smallest absolute Gasteiger partial charge is 0.0990 e. The Hall–Kier alpha value is -1.26. The zero-order valence-electron chi connectivity index (χ0n) is 9.31. The third-order valence-electron chi connectivity index (χ3n) is 2.37. The predicted molar refractivity (Wildman–Crippen MR) is 66.7 cm³/mol. The number of aryl methyl sites for hydroxylation is 1. The van der Waals surface area contributed by atoms with Crippen molar-refractivity contribution in [2.24, 2.45) is 5.73 Å². The van der Waals surface area contributed by atoms with Gasteiger partial charge in [-0.1, -0.05) is 6.07 Å². The fraction of sp³-hybridized carbons (Fsp3) is 0.333. The second-order valence-corrected chi connectivity index (χ2v) is 4.82. The van der Waals surface area contributed by atoms with Gasteiger partial charge >= 0.3 is 0 Å². The lowest BCUT2D eigenvalue weighted by atomic mass is 10.3. The van der Waals surface area contributed by atoms with Crippen LogP contribution in [-0.4, -0.2) is 16.5 Å². The standard InChI is InChI=1S/C12H15N3S/c1-9-11(5-6-13)16-12(15-9)8-10-4-2-3-7-14-10/h2-4,7H,5-6,8,13H2,1H3. The topological polar surface area (TPSA) is 51.8 Å². The molecule has 2 aromatic rings. The molecule has 4 heteroatoms. The van der Waals surface area contributed by atoms with Gasteiger partial charge in [-0.25, -0.2) is 4.98 Å². The van der Waals surface area contributed by atoms with Crippen LogP contribution >= 0.6 is 11.3 Å². The molecule has 0 saturated heterocycles. The van der Waals surface area contributed by atoms with Gasteiger partial charge in [0.1, 0.15) is 0 Å². The average Bonchev–Trinajstić information content (AvgIpc) is 2.61. The maximum absolute atomic E-state index is 5.56. The summed E-state index contributed by atoms with van der Waals surface area (Å²) in [5.74, 6) is 0. The van der Waals surface area contributed by atoms with E-state index in [2.05, 4.69) is 9.97 Å². The molecule has 0 aliphatic carbocycles. The summed E-state index contributed by atoms with van der Waals surface area (Å²) >= 11 is 1.75. The molecule has 0 amide bonds. The van der Waals surface area contributed by atoms with Gasteiger partial charge in [-0.2, -0.15) is 0 Å². The first-order valence-electron chi connectivity index (χ1n) is 5.34. The zero-order chi connectivity index (χ0) is 11.4. The third kappa shape index (κ3) is 2.65. The Kier molecular flexibility index (Phi) is 3.64. The molecular weight excluding hydrogens is 218 g/mol. The van der Waals surface area contributed by atoms with Gasteiger partial charge in [-0.15, -0.1) is 11.3 Å². The fourth-order valence-electron chi connectivity index (χ4n) is 1.58. The van der Waals surface area contributed by atoms with Crippen molar-refractivity contribution in [1.29, 1.82) is 0 Å². The molecule has 0 fully saturated rings. The van der Waals surface area contributed by atoms with Crippen molar-refractivity contribution in [3.8, 4) is 0 Å². The first-order valence-corrected chi connectivity index (χ1v) is 6.16. The van der Waals surface area contributed by atoms with Crippen LogP contribution in [-0.2, 0) is 12.8 Å². The minimum Gasteiger partial charge on any atom is -0.330 e. The molecule has 2 rings (SSSR count). The van der Waals surface area contributed by atoms with Crippen molar-refractivity contribution in [3.63, 3.8) is 0 Å². The molecular formula is C12H15N3S. The fourth-order valence-corrected chi connectivity index (χ4v) is 2.68. The Labute approximate surface area is 99.4 Å². The summed E-state index contributed by atoms with van der Waals surface area (Å²) in [6.07, 6.45) is 3.55. The number of hydrogen-bond donors (Lipinski definition) is 1. The highest BCUT2D eigenvalue weighted by Crippen LogP contribution is 2.20. The SMILES string of the molecule is Cc1nc(Cc2ccccn2)sc1CCN. The summed E-state index contributed by atoms with van der Waals surface area (Å²) in [5, 5.41) is 1.12. The van der Waals surface area contributed by atoms with E-state index in [1.54, 1.807) is 11.3 Å². The summed E-state index contributed by atoms with van der Waals surface area (Å²) in [6.45, 7) is 2.73. The van der Waals surface area contributed by atoms with Crippen LogP contribution in [0.4, 0.5) is 0 Å². The molecule has 84 valence electrons. The molecule has 0 aromatic carbocycles. The van der Waals surface area contributed by atoms with Crippen LogP contribution in [0.5, 0.6) is 0 Å².